The number of rotatable bonds is 3. The van der Waals surface area contributed by atoms with E-state index in [1.807, 2.05) is 30.3 Å². The molecule has 0 bridgehead atoms. The first-order valence-corrected chi connectivity index (χ1v) is 6.93. The largest absolute Gasteiger partial charge is 0.497 e. The van der Waals surface area contributed by atoms with Crippen molar-refractivity contribution in [1.82, 2.24) is 4.90 Å². The zero-order valence-electron chi connectivity index (χ0n) is 12.4. The topological polar surface area (TPSA) is 49.9 Å². The van der Waals surface area contributed by atoms with Crippen LogP contribution in [-0.4, -0.2) is 31.0 Å². The second-order valence-electron chi connectivity index (χ2n) is 5.08. The molecule has 1 aliphatic heterocycles. The van der Waals surface area contributed by atoms with Crippen molar-refractivity contribution in [3.8, 4) is 5.75 Å². The molecule has 1 fully saturated rings. The van der Waals surface area contributed by atoms with E-state index in [9.17, 15) is 9.59 Å². The van der Waals surface area contributed by atoms with Crippen LogP contribution in [0.3, 0.4) is 0 Å². The Labute approximate surface area is 128 Å². The van der Waals surface area contributed by atoms with Crippen molar-refractivity contribution in [3.63, 3.8) is 0 Å². The van der Waals surface area contributed by atoms with E-state index in [4.69, 9.17) is 4.74 Å². The molecule has 3 amide bonds. The molecule has 3 rings (SSSR count). The lowest BCUT2D eigenvalue weighted by Gasteiger charge is -2.15. The van der Waals surface area contributed by atoms with Crippen LogP contribution < -0.4 is 9.64 Å². The number of nitrogens with zero attached hydrogens (tertiary/aromatic N) is 2. The molecule has 1 saturated heterocycles. The van der Waals surface area contributed by atoms with E-state index in [-0.39, 0.29) is 11.9 Å². The number of anilines is 1. The van der Waals surface area contributed by atoms with Crippen LogP contribution in [0.2, 0.25) is 0 Å². The lowest BCUT2D eigenvalue weighted by atomic mass is 10.1. The summed E-state index contributed by atoms with van der Waals surface area (Å²) in [7, 11) is 3.18. The third kappa shape index (κ3) is 2.20. The normalized spacial score (nSPS) is 18.0. The van der Waals surface area contributed by atoms with Crippen LogP contribution in [0.5, 0.6) is 5.75 Å². The maximum Gasteiger partial charge on any atom is 0.332 e. The Morgan fingerprint density at radius 1 is 1.00 bits per heavy atom. The predicted molar refractivity (Wildman–Crippen MR) is 82.8 cm³/mol. The predicted octanol–water partition coefficient (Wildman–Crippen LogP) is 2.83. The van der Waals surface area contributed by atoms with Crippen molar-refractivity contribution >= 4 is 17.6 Å². The first-order chi connectivity index (χ1) is 10.6. The first kappa shape index (κ1) is 14.1. The van der Waals surface area contributed by atoms with Gasteiger partial charge in [-0.2, -0.15) is 0 Å². The smallest absolute Gasteiger partial charge is 0.332 e. The Bertz CT molecular complexity index is 715. The molecule has 0 aromatic heterocycles. The van der Waals surface area contributed by atoms with Crippen LogP contribution in [0.25, 0.3) is 0 Å². The third-order valence-corrected chi connectivity index (χ3v) is 3.76. The Balaban J connectivity index is 2.00. The average molecular weight is 296 g/mol. The number of hydrogen-bond acceptors (Lipinski definition) is 3. The quantitative estimate of drug-likeness (QED) is 0.818. The van der Waals surface area contributed by atoms with E-state index in [2.05, 4.69) is 0 Å². The van der Waals surface area contributed by atoms with E-state index in [1.54, 1.807) is 38.4 Å². The van der Waals surface area contributed by atoms with E-state index < -0.39 is 6.04 Å². The highest BCUT2D eigenvalue weighted by atomic mass is 16.5. The number of ether oxygens (including phenoxy) is 1. The van der Waals surface area contributed by atoms with Gasteiger partial charge in [-0.25, -0.2) is 9.69 Å². The Morgan fingerprint density at radius 3 is 2.41 bits per heavy atom. The zero-order chi connectivity index (χ0) is 15.7. The number of amides is 3. The van der Waals surface area contributed by atoms with Crippen molar-refractivity contribution < 1.29 is 14.3 Å². The van der Waals surface area contributed by atoms with Crippen LogP contribution in [0.4, 0.5) is 10.5 Å². The molecule has 2 aromatic carbocycles. The van der Waals surface area contributed by atoms with Gasteiger partial charge in [0, 0.05) is 13.1 Å². The Morgan fingerprint density at radius 2 is 1.73 bits per heavy atom. The van der Waals surface area contributed by atoms with E-state index in [0.717, 1.165) is 5.56 Å². The summed E-state index contributed by atoms with van der Waals surface area (Å²) in [4.78, 5) is 27.9. The van der Waals surface area contributed by atoms with Gasteiger partial charge in [0.15, 0.2) is 0 Å². The van der Waals surface area contributed by atoms with Gasteiger partial charge >= 0.3 is 6.03 Å². The minimum absolute atomic E-state index is 0.257. The van der Waals surface area contributed by atoms with Crippen molar-refractivity contribution in [3.05, 3.63) is 60.2 Å². The highest BCUT2D eigenvalue weighted by Gasteiger charge is 2.44. The lowest BCUT2D eigenvalue weighted by molar-refractivity contribution is -0.119. The molecule has 0 saturated carbocycles. The van der Waals surface area contributed by atoms with Crippen LogP contribution in [0.15, 0.2) is 54.6 Å². The maximum absolute atomic E-state index is 12.7. The summed E-state index contributed by atoms with van der Waals surface area (Å²) in [6.45, 7) is 0. The van der Waals surface area contributed by atoms with Crippen LogP contribution >= 0.6 is 0 Å². The van der Waals surface area contributed by atoms with Crippen molar-refractivity contribution in [2.75, 3.05) is 19.1 Å². The third-order valence-electron chi connectivity index (χ3n) is 3.76. The first-order valence-electron chi connectivity index (χ1n) is 6.93. The molecule has 2 aromatic rings. The fraction of sp³-hybridized carbons (Fsp3) is 0.176. The van der Waals surface area contributed by atoms with E-state index >= 15 is 0 Å². The zero-order valence-corrected chi connectivity index (χ0v) is 12.4. The van der Waals surface area contributed by atoms with Gasteiger partial charge in [-0.3, -0.25) is 4.79 Å². The van der Waals surface area contributed by atoms with Gasteiger partial charge in [-0.05, 0) is 17.7 Å². The summed E-state index contributed by atoms with van der Waals surface area (Å²) >= 11 is 0. The molecule has 5 heteroatoms. The van der Waals surface area contributed by atoms with Gasteiger partial charge in [0.05, 0.1) is 12.8 Å². The fourth-order valence-electron chi connectivity index (χ4n) is 2.64. The van der Waals surface area contributed by atoms with Crippen molar-refractivity contribution in [1.29, 1.82) is 0 Å². The summed E-state index contributed by atoms with van der Waals surface area (Å²) in [6.07, 6.45) is 0. The molecule has 5 nitrogen and oxygen atoms in total. The second kappa shape index (κ2) is 5.52. The molecular weight excluding hydrogens is 280 g/mol. The summed E-state index contributed by atoms with van der Waals surface area (Å²) in [6, 6.07) is 15.3. The number of carbonyl (C=O) groups is 2. The number of hydrogen-bond donors (Lipinski definition) is 0. The maximum atomic E-state index is 12.7. The molecular formula is C17H16N2O3. The van der Waals surface area contributed by atoms with Gasteiger partial charge in [0.2, 0.25) is 0 Å². The van der Waals surface area contributed by atoms with Gasteiger partial charge in [-0.15, -0.1) is 0 Å². The van der Waals surface area contributed by atoms with Crippen molar-refractivity contribution in [2.24, 2.45) is 0 Å². The molecule has 1 heterocycles. The highest BCUT2D eigenvalue weighted by Crippen LogP contribution is 2.34. The monoisotopic (exact) mass is 296 g/mol. The molecule has 0 unspecified atom stereocenters. The Kier molecular flexibility index (Phi) is 3.55. The highest BCUT2D eigenvalue weighted by molar-refractivity contribution is 6.21. The molecule has 0 radical (unpaired) electrons. The SMILES string of the molecule is COc1cccc(N2C(=O)[C@H](c3ccccc3)N(C)C2=O)c1. The molecule has 0 aliphatic carbocycles. The van der Waals surface area contributed by atoms with Crippen LogP contribution in [-0.2, 0) is 4.79 Å². The number of carbonyl (C=O) groups excluding carboxylic acids is 2. The fourth-order valence-corrected chi connectivity index (χ4v) is 2.64. The van der Waals surface area contributed by atoms with Crippen LogP contribution in [0.1, 0.15) is 11.6 Å². The summed E-state index contributed by atoms with van der Waals surface area (Å²) in [5.41, 5.74) is 1.31. The standard InChI is InChI=1S/C17H16N2O3/c1-18-15(12-7-4-3-5-8-12)16(20)19(17(18)21)13-9-6-10-14(11-13)22-2/h3-11,15H,1-2H3/t15-/m0/s1. The Hall–Kier alpha value is -2.82. The average Bonchev–Trinajstić information content (AvgIpc) is 2.78. The molecule has 0 N–H and O–H groups in total. The van der Waals surface area contributed by atoms with Crippen LogP contribution in [0, 0.1) is 0 Å². The summed E-state index contributed by atoms with van der Waals surface area (Å²) in [5, 5.41) is 0. The number of benzene rings is 2. The van der Waals surface area contributed by atoms with E-state index in [0.29, 0.717) is 11.4 Å². The molecule has 22 heavy (non-hydrogen) atoms. The van der Waals surface area contributed by atoms with Gasteiger partial charge in [-0.1, -0.05) is 36.4 Å². The van der Waals surface area contributed by atoms with E-state index in [1.165, 1.54) is 9.80 Å². The molecule has 1 aliphatic rings. The molecule has 1 atom stereocenters. The molecule has 112 valence electrons. The van der Waals surface area contributed by atoms with Crippen molar-refractivity contribution in [2.45, 2.75) is 6.04 Å². The minimum atomic E-state index is -0.597. The summed E-state index contributed by atoms with van der Waals surface area (Å²) < 4.78 is 5.16. The molecule has 0 spiro atoms. The number of imide groups is 1. The van der Waals surface area contributed by atoms with Gasteiger partial charge in [0.1, 0.15) is 11.8 Å². The number of methoxy groups -OCH3 is 1. The summed E-state index contributed by atoms with van der Waals surface area (Å²) in [5.74, 6) is 0.343. The number of likely N-dealkylation sites (N-methyl/N-ethyl adjacent to an activating group) is 1. The van der Waals surface area contributed by atoms with Gasteiger partial charge < -0.3 is 9.64 Å². The lowest BCUT2D eigenvalue weighted by Crippen LogP contribution is -2.31. The number of urea groups is 1. The second-order valence-corrected chi connectivity index (χ2v) is 5.08. The van der Waals surface area contributed by atoms with Gasteiger partial charge in [0.25, 0.3) is 5.91 Å². The minimum Gasteiger partial charge on any atom is -0.497 e.